The van der Waals surface area contributed by atoms with E-state index in [1.165, 1.54) is 0 Å². The first-order valence-electron chi connectivity index (χ1n) is 6.62. The van der Waals surface area contributed by atoms with Crippen LogP contribution in [-0.4, -0.2) is 29.1 Å². The average molecular weight is 273 g/mol. The molecule has 5 heteroatoms. The Balaban J connectivity index is 1.95. The van der Waals surface area contributed by atoms with Gasteiger partial charge in [-0.15, -0.1) is 0 Å². The van der Waals surface area contributed by atoms with E-state index in [1.807, 2.05) is 24.3 Å². The summed E-state index contributed by atoms with van der Waals surface area (Å²) in [5.74, 6) is 0.863. The Kier molecular flexibility index (Phi) is 4.90. The van der Waals surface area contributed by atoms with Crippen LogP contribution < -0.4 is 10.5 Å². The maximum atomic E-state index is 12.2. The van der Waals surface area contributed by atoms with E-state index < -0.39 is 0 Å². The normalized spacial score (nSPS) is 10.5. The highest BCUT2D eigenvalue weighted by Gasteiger charge is 2.09. The molecule has 0 aliphatic rings. The van der Waals surface area contributed by atoms with Gasteiger partial charge in [-0.25, -0.2) is 4.98 Å². The number of imidazole rings is 1. The van der Waals surface area contributed by atoms with Gasteiger partial charge in [0.2, 0.25) is 5.91 Å². The summed E-state index contributed by atoms with van der Waals surface area (Å²) in [7, 11) is 1.64. The molecule has 0 unspecified atom stereocenters. The number of hydrogen-bond donors (Lipinski definition) is 1. The lowest BCUT2D eigenvalue weighted by Gasteiger charge is -2.06. The van der Waals surface area contributed by atoms with Crippen LogP contribution in [0.15, 0.2) is 36.8 Å². The van der Waals surface area contributed by atoms with Gasteiger partial charge in [-0.1, -0.05) is 12.1 Å². The summed E-state index contributed by atoms with van der Waals surface area (Å²) in [4.78, 5) is 16.2. The molecule has 20 heavy (non-hydrogen) atoms. The van der Waals surface area contributed by atoms with Gasteiger partial charge in [0.1, 0.15) is 12.1 Å². The van der Waals surface area contributed by atoms with Crippen molar-refractivity contribution in [2.24, 2.45) is 5.73 Å². The smallest absolute Gasteiger partial charge is 0.232 e. The second kappa shape index (κ2) is 6.86. The lowest BCUT2D eigenvalue weighted by Crippen LogP contribution is -2.16. The second-order valence-corrected chi connectivity index (χ2v) is 4.54. The molecule has 0 aliphatic heterocycles. The molecule has 0 bridgehead atoms. The highest BCUT2D eigenvalue weighted by atomic mass is 16.5. The first-order chi connectivity index (χ1) is 9.74. The number of ether oxygens (including phenoxy) is 1. The molecular weight excluding hydrogens is 254 g/mol. The Morgan fingerprint density at radius 2 is 2.05 bits per heavy atom. The van der Waals surface area contributed by atoms with Crippen LogP contribution in [0.3, 0.4) is 0 Å². The van der Waals surface area contributed by atoms with Crippen molar-refractivity contribution in [2.45, 2.75) is 19.3 Å². The quantitative estimate of drug-likeness (QED) is 0.869. The molecule has 0 aliphatic carbocycles. The van der Waals surface area contributed by atoms with Crippen LogP contribution in [0.4, 0.5) is 0 Å². The van der Waals surface area contributed by atoms with Crippen LogP contribution in [0.1, 0.15) is 22.5 Å². The van der Waals surface area contributed by atoms with Gasteiger partial charge >= 0.3 is 0 Å². The molecule has 0 spiro atoms. The van der Waals surface area contributed by atoms with E-state index in [2.05, 4.69) is 4.98 Å². The van der Waals surface area contributed by atoms with Crippen LogP contribution in [0, 0.1) is 0 Å². The Morgan fingerprint density at radius 1 is 1.30 bits per heavy atom. The molecule has 0 amide bonds. The Hall–Kier alpha value is -2.14. The number of nitrogens with zero attached hydrogens (tertiary/aromatic N) is 2. The largest absolute Gasteiger partial charge is 0.497 e. The topological polar surface area (TPSA) is 70.1 Å². The van der Waals surface area contributed by atoms with Gasteiger partial charge in [-0.3, -0.25) is 9.36 Å². The summed E-state index contributed by atoms with van der Waals surface area (Å²) in [6, 6.07) is 7.75. The number of methoxy groups -OCH3 is 1. The second-order valence-electron chi connectivity index (χ2n) is 4.54. The predicted molar refractivity (Wildman–Crippen MR) is 76.9 cm³/mol. The number of hydrogen-bond acceptors (Lipinski definition) is 4. The molecule has 2 aromatic rings. The first-order valence-corrected chi connectivity index (χ1v) is 6.62. The van der Waals surface area contributed by atoms with Crippen LogP contribution in [-0.2, 0) is 12.8 Å². The Morgan fingerprint density at radius 3 is 2.70 bits per heavy atom. The Labute approximate surface area is 118 Å². The SMILES string of the molecule is COc1ccc(CCC(=O)n2cncc2CCN)cc1. The van der Waals surface area contributed by atoms with Crippen LogP contribution in [0.25, 0.3) is 0 Å². The van der Waals surface area contributed by atoms with Gasteiger partial charge in [0.25, 0.3) is 0 Å². The molecule has 1 heterocycles. The third-order valence-electron chi connectivity index (χ3n) is 3.17. The fourth-order valence-corrected chi connectivity index (χ4v) is 2.04. The monoisotopic (exact) mass is 273 g/mol. The van der Waals surface area contributed by atoms with Crippen LogP contribution in [0.5, 0.6) is 5.75 Å². The van der Waals surface area contributed by atoms with Crippen molar-refractivity contribution in [3.8, 4) is 5.75 Å². The summed E-state index contributed by atoms with van der Waals surface area (Å²) in [5.41, 5.74) is 7.50. The molecule has 5 nitrogen and oxygen atoms in total. The van der Waals surface area contributed by atoms with Crippen molar-refractivity contribution >= 4 is 5.91 Å². The predicted octanol–water partition coefficient (Wildman–Crippen LogP) is 1.67. The third kappa shape index (κ3) is 3.45. The third-order valence-corrected chi connectivity index (χ3v) is 3.17. The van der Waals surface area contributed by atoms with Gasteiger partial charge in [-0.05, 0) is 30.7 Å². The minimum atomic E-state index is 0.0433. The van der Waals surface area contributed by atoms with Crippen molar-refractivity contribution < 1.29 is 9.53 Å². The summed E-state index contributed by atoms with van der Waals surface area (Å²) >= 11 is 0. The van der Waals surface area contributed by atoms with E-state index in [0.717, 1.165) is 17.0 Å². The number of benzene rings is 1. The van der Waals surface area contributed by atoms with Gasteiger partial charge in [0.15, 0.2) is 0 Å². The van der Waals surface area contributed by atoms with Gasteiger partial charge < -0.3 is 10.5 Å². The molecule has 2 rings (SSSR count). The van der Waals surface area contributed by atoms with Gasteiger partial charge in [-0.2, -0.15) is 0 Å². The van der Waals surface area contributed by atoms with Crippen LogP contribution >= 0.6 is 0 Å². The van der Waals surface area contributed by atoms with E-state index >= 15 is 0 Å². The standard InChI is InChI=1S/C15H19N3O2/c1-20-14-5-2-12(3-6-14)4-7-15(19)18-11-17-10-13(18)8-9-16/h2-3,5-6,10-11H,4,7-9,16H2,1H3. The van der Waals surface area contributed by atoms with E-state index in [4.69, 9.17) is 10.5 Å². The molecule has 0 saturated heterocycles. The molecule has 2 N–H and O–H groups in total. The maximum absolute atomic E-state index is 12.2. The molecule has 0 radical (unpaired) electrons. The molecule has 1 aromatic carbocycles. The van der Waals surface area contributed by atoms with Crippen molar-refractivity contribution in [3.63, 3.8) is 0 Å². The summed E-state index contributed by atoms with van der Waals surface area (Å²) < 4.78 is 6.70. The molecule has 1 aromatic heterocycles. The van der Waals surface area contributed by atoms with E-state index in [0.29, 0.717) is 25.8 Å². The summed E-state index contributed by atoms with van der Waals surface area (Å²) in [6.45, 7) is 0.511. The average Bonchev–Trinajstić information content (AvgIpc) is 2.94. The number of aromatic nitrogens is 2. The molecule has 106 valence electrons. The molecule has 0 atom stereocenters. The zero-order valence-electron chi connectivity index (χ0n) is 11.6. The minimum Gasteiger partial charge on any atom is -0.497 e. The lowest BCUT2D eigenvalue weighted by molar-refractivity contribution is 0.0900. The number of carbonyl (C=O) groups is 1. The lowest BCUT2D eigenvalue weighted by atomic mass is 10.1. The minimum absolute atomic E-state index is 0.0433. The molecule has 0 fully saturated rings. The van der Waals surface area contributed by atoms with Gasteiger partial charge in [0, 0.05) is 24.7 Å². The summed E-state index contributed by atoms with van der Waals surface area (Å²) in [5, 5.41) is 0. The van der Waals surface area contributed by atoms with Crippen molar-refractivity contribution in [2.75, 3.05) is 13.7 Å². The number of rotatable bonds is 6. The number of nitrogens with two attached hydrogens (primary N) is 1. The highest BCUT2D eigenvalue weighted by molar-refractivity contribution is 5.79. The van der Waals surface area contributed by atoms with Crippen molar-refractivity contribution in [3.05, 3.63) is 48.0 Å². The van der Waals surface area contributed by atoms with E-state index in [1.54, 1.807) is 24.2 Å². The summed E-state index contributed by atoms with van der Waals surface area (Å²) in [6.07, 6.45) is 5.05. The van der Waals surface area contributed by atoms with Crippen LogP contribution in [0.2, 0.25) is 0 Å². The van der Waals surface area contributed by atoms with E-state index in [-0.39, 0.29) is 5.91 Å². The number of carbonyl (C=O) groups excluding carboxylic acids is 1. The van der Waals surface area contributed by atoms with E-state index in [9.17, 15) is 4.79 Å². The fourth-order valence-electron chi connectivity index (χ4n) is 2.04. The maximum Gasteiger partial charge on any atom is 0.232 e. The van der Waals surface area contributed by atoms with Crippen molar-refractivity contribution in [1.82, 2.24) is 9.55 Å². The van der Waals surface area contributed by atoms with Gasteiger partial charge in [0.05, 0.1) is 7.11 Å². The first kappa shape index (κ1) is 14.3. The molecular formula is C15H19N3O2. The fraction of sp³-hybridized carbons (Fsp3) is 0.333. The van der Waals surface area contributed by atoms with Crippen molar-refractivity contribution in [1.29, 1.82) is 0 Å². The highest BCUT2D eigenvalue weighted by Crippen LogP contribution is 2.13. The molecule has 0 saturated carbocycles. The zero-order chi connectivity index (χ0) is 14.4. The zero-order valence-corrected chi connectivity index (χ0v) is 11.6. The number of aryl methyl sites for hydroxylation is 1. The Bertz CT molecular complexity index is 561.